The average molecular weight is 301 g/mol. The van der Waals surface area contributed by atoms with E-state index in [9.17, 15) is 4.79 Å². The van der Waals surface area contributed by atoms with Crippen LogP contribution < -0.4 is 4.74 Å². The summed E-state index contributed by atoms with van der Waals surface area (Å²) in [6.07, 6.45) is 6.96. The van der Waals surface area contributed by atoms with Crippen molar-refractivity contribution in [3.63, 3.8) is 0 Å². The van der Waals surface area contributed by atoms with E-state index in [1.54, 1.807) is 0 Å². The van der Waals surface area contributed by atoms with Crippen LogP contribution in [0.25, 0.3) is 0 Å². The van der Waals surface area contributed by atoms with Crippen LogP contribution in [0.3, 0.4) is 0 Å². The minimum atomic E-state index is 0.135. The number of hydrogen-bond acceptors (Lipinski definition) is 3. The molecule has 1 aromatic rings. The molecule has 0 spiro atoms. The molecule has 1 heterocycles. The normalized spacial score (nSPS) is 18.2. The van der Waals surface area contributed by atoms with Crippen molar-refractivity contribution in [2.45, 2.75) is 65.9 Å². The molecule has 1 aromatic heterocycles. The van der Waals surface area contributed by atoms with Gasteiger partial charge >= 0.3 is 0 Å². The van der Waals surface area contributed by atoms with Crippen LogP contribution in [0.1, 0.15) is 57.2 Å². The average Bonchev–Trinajstić information content (AvgIpc) is 2.44. The Morgan fingerprint density at radius 3 is 2.82 bits per heavy atom. The number of carbonyl (C=O) groups excluding carboxylic acids is 1. The second-order valence-electron chi connectivity index (χ2n) is 6.63. The van der Waals surface area contributed by atoms with E-state index in [1.807, 2.05) is 26.8 Å². The molecule has 120 valence electrons. The molecule has 0 saturated heterocycles. The summed E-state index contributed by atoms with van der Waals surface area (Å²) < 4.78 is 6.06. The van der Waals surface area contributed by atoms with Crippen molar-refractivity contribution in [3.05, 3.63) is 35.0 Å². The number of pyridine rings is 1. The molecular weight excluding hydrogens is 274 g/mol. The highest BCUT2D eigenvalue weighted by molar-refractivity contribution is 5.80. The summed E-state index contributed by atoms with van der Waals surface area (Å²) in [7, 11) is 0. The Morgan fingerprint density at radius 2 is 2.14 bits per heavy atom. The van der Waals surface area contributed by atoms with Gasteiger partial charge in [0, 0.05) is 30.5 Å². The predicted octanol–water partition coefficient (Wildman–Crippen LogP) is 4.56. The Bertz CT molecular complexity index is 540. The third-order valence-electron chi connectivity index (χ3n) is 4.11. The summed E-state index contributed by atoms with van der Waals surface area (Å²) in [6.45, 7) is 7.99. The summed E-state index contributed by atoms with van der Waals surface area (Å²) in [5, 5.41) is 0. The van der Waals surface area contributed by atoms with Crippen molar-refractivity contribution < 1.29 is 9.53 Å². The molecule has 0 unspecified atom stereocenters. The molecule has 0 N–H and O–H groups in total. The number of ether oxygens (including phenoxy) is 1. The van der Waals surface area contributed by atoms with Gasteiger partial charge in [-0.05, 0) is 44.7 Å². The third kappa shape index (κ3) is 4.97. The highest BCUT2D eigenvalue weighted by Gasteiger charge is 2.19. The number of aromatic nitrogens is 1. The van der Waals surface area contributed by atoms with Crippen LogP contribution in [-0.2, 0) is 4.79 Å². The lowest BCUT2D eigenvalue weighted by atomic mass is 9.91. The van der Waals surface area contributed by atoms with Gasteiger partial charge in [-0.3, -0.25) is 4.79 Å². The maximum absolute atomic E-state index is 11.8. The molecule has 0 bridgehead atoms. The number of carbonyl (C=O) groups is 1. The molecule has 0 aliphatic heterocycles. The maximum atomic E-state index is 11.8. The van der Waals surface area contributed by atoms with Crippen LogP contribution >= 0.6 is 0 Å². The van der Waals surface area contributed by atoms with Crippen LogP contribution in [0, 0.1) is 19.8 Å². The van der Waals surface area contributed by atoms with Gasteiger partial charge in [0.25, 0.3) is 0 Å². The topological polar surface area (TPSA) is 39.2 Å². The van der Waals surface area contributed by atoms with E-state index in [4.69, 9.17) is 4.74 Å². The molecule has 0 fully saturated rings. The molecule has 0 amide bonds. The molecule has 1 atom stereocenters. The van der Waals surface area contributed by atoms with E-state index in [-0.39, 0.29) is 12.0 Å². The zero-order valence-electron chi connectivity index (χ0n) is 14.2. The number of ketones is 1. The Hall–Kier alpha value is -1.64. The van der Waals surface area contributed by atoms with Crippen LogP contribution in [0.15, 0.2) is 23.8 Å². The van der Waals surface area contributed by atoms with Crippen molar-refractivity contribution in [3.8, 4) is 5.88 Å². The van der Waals surface area contributed by atoms with Gasteiger partial charge < -0.3 is 4.74 Å². The second kappa shape index (κ2) is 7.57. The lowest BCUT2D eigenvalue weighted by Crippen LogP contribution is -2.21. The summed E-state index contributed by atoms with van der Waals surface area (Å²) in [5.74, 6) is 1.21. The van der Waals surface area contributed by atoms with Gasteiger partial charge in [0.2, 0.25) is 5.88 Å². The van der Waals surface area contributed by atoms with Crippen molar-refractivity contribution in [1.29, 1.82) is 0 Å². The van der Waals surface area contributed by atoms with Crippen molar-refractivity contribution in [2.75, 3.05) is 0 Å². The number of rotatable bonds is 6. The highest BCUT2D eigenvalue weighted by atomic mass is 16.5. The first-order valence-electron chi connectivity index (χ1n) is 8.26. The van der Waals surface area contributed by atoms with Gasteiger partial charge in [-0.1, -0.05) is 25.5 Å². The van der Waals surface area contributed by atoms with Crippen LogP contribution in [0.4, 0.5) is 0 Å². The molecule has 0 aromatic carbocycles. The molecule has 3 heteroatoms. The van der Waals surface area contributed by atoms with Crippen LogP contribution in [0.2, 0.25) is 0 Å². The summed E-state index contributed by atoms with van der Waals surface area (Å²) >= 11 is 0. The van der Waals surface area contributed by atoms with E-state index in [1.165, 1.54) is 11.1 Å². The first-order valence-corrected chi connectivity index (χ1v) is 8.26. The lowest BCUT2D eigenvalue weighted by molar-refractivity contribution is -0.121. The number of nitrogens with zero attached hydrogens (tertiary/aromatic N) is 1. The fraction of sp³-hybridized carbons (Fsp3) is 0.579. The SMILES string of the molecule is Cc1cc(C)nc(O[C@@H]2CCC=C(CCC(=O)C(C)C)C2)c1. The zero-order valence-corrected chi connectivity index (χ0v) is 14.2. The van der Waals surface area contributed by atoms with Crippen molar-refractivity contribution in [2.24, 2.45) is 5.92 Å². The van der Waals surface area contributed by atoms with Gasteiger partial charge in [0.15, 0.2) is 0 Å². The molecule has 1 aliphatic carbocycles. The molecular formula is C19H27NO2. The highest BCUT2D eigenvalue weighted by Crippen LogP contribution is 2.26. The van der Waals surface area contributed by atoms with Gasteiger partial charge in [-0.2, -0.15) is 0 Å². The zero-order chi connectivity index (χ0) is 16.1. The first-order chi connectivity index (χ1) is 10.4. The Morgan fingerprint density at radius 1 is 1.36 bits per heavy atom. The quantitative estimate of drug-likeness (QED) is 0.723. The van der Waals surface area contributed by atoms with E-state index < -0.39 is 0 Å². The van der Waals surface area contributed by atoms with Gasteiger partial charge in [0.1, 0.15) is 11.9 Å². The monoisotopic (exact) mass is 301 g/mol. The Kier molecular flexibility index (Phi) is 5.76. The van der Waals surface area contributed by atoms with Gasteiger partial charge in [-0.15, -0.1) is 0 Å². The fourth-order valence-electron chi connectivity index (χ4n) is 2.86. The minimum absolute atomic E-state index is 0.135. The summed E-state index contributed by atoms with van der Waals surface area (Å²) in [4.78, 5) is 16.2. The van der Waals surface area contributed by atoms with Crippen LogP contribution in [-0.4, -0.2) is 16.9 Å². The molecule has 0 saturated carbocycles. The second-order valence-corrected chi connectivity index (χ2v) is 6.63. The van der Waals surface area contributed by atoms with E-state index in [2.05, 4.69) is 24.1 Å². The summed E-state index contributed by atoms with van der Waals surface area (Å²) in [6, 6.07) is 4.05. The predicted molar refractivity (Wildman–Crippen MR) is 89.1 cm³/mol. The minimum Gasteiger partial charge on any atom is -0.474 e. The molecule has 22 heavy (non-hydrogen) atoms. The molecule has 2 rings (SSSR count). The molecule has 1 aliphatic rings. The van der Waals surface area contributed by atoms with Gasteiger partial charge in [-0.25, -0.2) is 4.98 Å². The summed E-state index contributed by atoms with van der Waals surface area (Å²) in [5.41, 5.74) is 3.52. The Labute approximate surface area is 133 Å². The molecule has 0 radical (unpaired) electrons. The largest absolute Gasteiger partial charge is 0.474 e. The van der Waals surface area contributed by atoms with Crippen molar-refractivity contribution in [1.82, 2.24) is 4.98 Å². The standard InChI is InChI=1S/C19H27NO2/c1-13(2)18(21)9-8-16-6-5-7-17(12-16)22-19-11-14(3)10-15(4)20-19/h6,10-11,13,17H,5,7-9,12H2,1-4H3/t17-/m1/s1. The van der Waals surface area contributed by atoms with Gasteiger partial charge in [0.05, 0.1) is 0 Å². The third-order valence-corrected chi connectivity index (χ3v) is 4.11. The number of allylic oxidation sites excluding steroid dienone is 1. The van der Waals surface area contributed by atoms with Crippen molar-refractivity contribution >= 4 is 5.78 Å². The molecule has 3 nitrogen and oxygen atoms in total. The number of hydrogen-bond donors (Lipinski definition) is 0. The first kappa shape index (κ1) is 16.7. The number of aryl methyl sites for hydroxylation is 2. The van der Waals surface area contributed by atoms with Crippen LogP contribution in [0.5, 0.6) is 5.88 Å². The van der Waals surface area contributed by atoms with E-state index in [0.29, 0.717) is 12.2 Å². The smallest absolute Gasteiger partial charge is 0.213 e. The maximum Gasteiger partial charge on any atom is 0.213 e. The fourth-order valence-corrected chi connectivity index (χ4v) is 2.86. The van der Waals surface area contributed by atoms with E-state index in [0.717, 1.165) is 37.3 Å². The Balaban J connectivity index is 1.89. The lowest BCUT2D eigenvalue weighted by Gasteiger charge is -2.24. The number of Topliss-reactive ketones (excluding diaryl/α,β-unsaturated/α-hetero) is 1. The van der Waals surface area contributed by atoms with E-state index >= 15 is 0 Å².